The third-order valence-electron chi connectivity index (χ3n) is 1.49. The van der Waals surface area contributed by atoms with E-state index in [-0.39, 0.29) is 16.5 Å². The molecule has 14 heavy (non-hydrogen) atoms. The van der Waals surface area contributed by atoms with Gasteiger partial charge in [-0.2, -0.15) is 0 Å². The third kappa shape index (κ3) is 2.90. The first-order valence-electron chi connectivity index (χ1n) is 3.97. The zero-order valence-corrected chi connectivity index (χ0v) is 9.54. The van der Waals surface area contributed by atoms with Crippen LogP contribution < -0.4 is 4.72 Å². The van der Waals surface area contributed by atoms with Gasteiger partial charge in [0.1, 0.15) is 9.99 Å². The molecule has 1 aromatic rings. The Balaban J connectivity index is 2.81. The van der Waals surface area contributed by atoms with Crippen LogP contribution in [0.5, 0.6) is 0 Å². The van der Waals surface area contributed by atoms with Gasteiger partial charge in [0.05, 0.1) is 6.54 Å². The van der Waals surface area contributed by atoms with Gasteiger partial charge in [0.15, 0.2) is 0 Å². The second-order valence-corrected chi connectivity index (χ2v) is 6.17. The fourth-order valence-corrected chi connectivity index (χ4v) is 3.21. The topological polar surface area (TPSA) is 63.2 Å². The fourth-order valence-electron chi connectivity index (χ4n) is 0.824. The number of rotatable bonds is 4. The molecule has 1 heterocycles. The second kappa shape index (κ2) is 4.20. The van der Waals surface area contributed by atoms with Gasteiger partial charge in [-0.1, -0.05) is 0 Å². The van der Waals surface area contributed by atoms with Gasteiger partial charge >= 0.3 is 0 Å². The molecule has 1 aromatic heterocycles. The number of carbonyl (C=O) groups is 1. The molecule has 0 aliphatic rings. The van der Waals surface area contributed by atoms with Crippen molar-refractivity contribution in [2.45, 2.75) is 18.1 Å². The molecule has 0 saturated heterocycles. The molecule has 0 bridgehead atoms. The predicted octanol–water partition coefficient (Wildman–Crippen LogP) is 0.924. The molecule has 0 atom stereocenters. The molecule has 1 N–H and O–H groups in total. The zero-order valence-electron chi connectivity index (χ0n) is 7.90. The van der Waals surface area contributed by atoms with Crippen LogP contribution >= 0.6 is 11.3 Å². The summed E-state index contributed by atoms with van der Waals surface area (Å²) in [4.78, 5) is 11.5. The van der Waals surface area contributed by atoms with Crippen molar-refractivity contribution in [3.05, 3.63) is 17.0 Å². The van der Waals surface area contributed by atoms with Crippen molar-refractivity contribution in [2.24, 2.45) is 0 Å². The Morgan fingerprint density at radius 3 is 2.57 bits per heavy atom. The van der Waals surface area contributed by atoms with Crippen molar-refractivity contribution in [3.63, 3.8) is 0 Å². The second-order valence-electron chi connectivity index (χ2n) is 2.89. The van der Waals surface area contributed by atoms with Crippen molar-refractivity contribution in [1.82, 2.24) is 4.72 Å². The minimum absolute atomic E-state index is 0.153. The van der Waals surface area contributed by atoms with Crippen LogP contribution in [0.15, 0.2) is 16.3 Å². The van der Waals surface area contributed by atoms with E-state index in [0.717, 1.165) is 4.88 Å². The lowest BCUT2D eigenvalue weighted by Gasteiger charge is -2.00. The van der Waals surface area contributed by atoms with Crippen LogP contribution in [0, 0.1) is 6.92 Å². The summed E-state index contributed by atoms with van der Waals surface area (Å²) in [5.41, 5.74) is 0. The first kappa shape index (κ1) is 11.4. The van der Waals surface area contributed by atoms with Gasteiger partial charge in [0, 0.05) is 4.88 Å². The average molecular weight is 233 g/mol. The van der Waals surface area contributed by atoms with Crippen LogP contribution in [0.3, 0.4) is 0 Å². The monoisotopic (exact) mass is 233 g/mol. The normalized spacial score (nSPS) is 11.6. The summed E-state index contributed by atoms with van der Waals surface area (Å²) < 4.78 is 25.5. The number of carbonyl (C=O) groups excluding carboxylic acids is 1. The Morgan fingerprint density at radius 1 is 1.50 bits per heavy atom. The molecule has 0 unspecified atom stereocenters. The molecule has 4 nitrogen and oxygen atoms in total. The standard InChI is InChI=1S/C8H11NO3S2/c1-6(10)5-9-14(11,12)8-4-3-7(2)13-8/h3-4,9H,5H2,1-2H3. The van der Waals surface area contributed by atoms with Crippen LogP contribution in [-0.2, 0) is 14.8 Å². The zero-order chi connectivity index (χ0) is 10.8. The Kier molecular flexibility index (Phi) is 3.41. The van der Waals surface area contributed by atoms with Crippen LogP contribution in [0.25, 0.3) is 0 Å². The van der Waals surface area contributed by atoms with Crippen LogP contribution in [0.2, 0.25) is 0 Å². The van der Waals surface area contributed by atoms with E-state index in [4.69, 9.17) is 0 Å². The van der Waals surface area contributed by atoms with Gasteiger partial charge in [-0.25, -0.2) is 13.1 Å². The van der Waals surface area contributed by atoms with E-state index >= 15 is 0 Å². The highest BCUT2D eigenvalue weighted by Crippen LogP contribution is 2.19. The van der Waals surface area contributed by atoms with Gasteiger partial charge < -0.3 is 0 Å². The van der Waals surface area contributed by atoms with Gasteiger partial charge in [-0.05, 0) is 26.0 Å². The summed E-state index contributed by atoms with van der Waals surface area (Å²) in [6, 6.07) is 3.26. The van der Waals surface area contributed by atoms with E-state index in [1.807, 2.05) is 6.92 Å². The number of hydrogen-bond donors (Lipinski definition) is 1. The summed E-state index contributed by atoms with van der Waals surface area (Å²) in [6.45, 7) is 3.01. The minimum Gasteiger partial charge on any atom is -0.299 e. The molecule has 6 heteroatoms. The maximum absolute atomic E-state index is 11.5. The Hall–Kier alpha value is -0.720. The number of aryl methyl sites for hydroxylation is 1. The van der Waals surface area contributed by atoms with E-state index in [0.29, 0.717) is 0 Å². The van der Waals surface area contributed by atoms with Gasteiger partial charge in [-0.3, -0.25) is 4.79 Å². The smallest absolute Gasteiger partial charge is 0.250 e. The van der Waals surface area contributed by atoms with E-state index < -0.39 is 10.0 Å². The first-order valence-corrected chi connectivity index (χ1v) is 6.27. The minimum atomic E-state index is -3.49. The molecule has 0 aliphatic heterocycles. The SMILES string of the molecule is CC(=O)CNS(=O)(=O)c1ccc(C)s1. The number of hydrogen-bond acceptors (Lipinski definition) is 4. The number of Topliss-reactive ketones (excluding diaryl/α,β-unsaturated/α-hetero) is 1. The lowest BCUT2D eigenvalue weighted by molar-refractivity contribution is -0.115. The lowest BCUT2D eigenvalue weighted by Crippen LogP contribution is -2.27. The fraction of sp³-hybridized carbons (Fsp3) is 0.375. The van der Waals surface area contributed by atoms with Gasteiger partial charge in [-0.15, -0.1) is 11.3 Å². The van der Waals surface area contributed by atoms with Crippen molar-refractivity contribution in [2.75, 3.05) is 6.54 Å². The predicted molar refractivity (Wildman–Crippen MR) is 54.9 cm³/mol. The van der Waals surface area contributed by atoms with Crippen molar-refractivity contribution in [1.29, 1.82) is 0 Å². The number of sulfonamides is 1. The molecule has 0 aliphatic carbocycles. The highest BCUT2D eigenvalue weighted by molar-refractivity contribution is 7.91. The van der Waals surface area contributed by atoms with Gasteiger partial charge in [0.25, 0.3) is 0 Å². The number of thiophene rings is 1. The summed E-state index contributed by atoms with van der Waals surface area (Å²) >= 11 is 1.18. The van der Waals surface area contributed by atoms with Crippen LogP contribution in [-0.4, -0.2) is 20.7 Å². The molecule has 0 saturated carbocycles. The Morgan fingerprint density at radius 2 is 2.14 bits per heavy atom. The quantitative estimate of drug-likeness (QED) is 0.841. The summed E-state index contributed by atoms with van der Waals surface area (Å²) in [5.74, 6) is -0.207. The number of ketones is 1. The van der Waals surface area contributed by atoms with Crippen LogP contribution in [0.1, 0.15) is 11.8 Å². The molecule has 78 valence electrons. The van der Waals surface area contributed by atoms with Crippen molar-refractivity contribution < 1.29 is 13.2 Å². The Labute approximate surface area is 87.0 Å². The Bertz CT molecular complexity index is 433. The molecule has 0 spiro atoms. The maximum Gasteiger partial charge on any atom is 0.250 e. The molecular formula is C8H11NO3S2. The molecule has 0 amide bonds. The number of nitrogens with one attached hydrogen (secondary N) is 1. The molecule has 0 aromatic carbocycles. The van der Waals surface area contributed by atoms with Crippen molar-refractivity contribution in [3.8, 4) is 0 Å². The van der Waals surface area contributed by atoms with E-state index in [1.165, 1.54) is 24.3 Å². The molecule has 1 rings (SSSR count). The lowest BCUT2D eigenvalue weighted by atomic mass is 10.5. The summed E-state index contributed by atoms with van der Waals surface area (Å²) in [5, 5.41) is 0. The molecular weight excluding hydrogens is 222 g/mol. The average Bonchev–Trinajstić information content (AvgIpc) is 2.49. The highest BCUT2D eigenvalue weighted by atomic mass is 32.2. The highest BCUT2D eigenvalue weighted by Gasteiger charge is 2.15. The first-order chi connectivity index (χ1) is 6.42. The molecule has 0 fully saturated rings. The van der Waals surface area contributed by atoms with Crippen LogP contribution in [0.4, 0.5) is 0 Å². The maximum atomic E-state index is 11.5. The summed E-state index contributed by atoms with van der Waals surface area (Å²) in [6.07, 6.45) is 0. The van der Waals surface area contributed by atoms with Gasteiger partial charge in [0.2, 0.25) is 10.0 Å². The van der Waals surface area contributed by atoms with Crippen molar-refractivity contribution >= 4 is 27.1 Å². The van der Waals surface area contributed by atoms with E-state index in [1.54, 1.807) is 6.07 Å². The van der Waals surface area contributed by atoms with E-state index in [9.17, 15) is 13.2 Å². The summed E-state index contributed by atoms with van der Waals surface area (Å²) in [7, 11) is -3.49. The third-order valence-corrected chi connectivity index (χ3v) is 4.39. The van der Waals surface area contributed by atoms with E-state index in [2.05, 4.69) is 4.72 Å². The molecule has 0 radical (unpaired) electrons. The largest absolute Gasteiger partial charge is 0.299 e.